The van der Waals surface area contributed by atoms with Crippen LogP contribution in [0.25, 0.3) is 0 Å². The Labute approximate surface area is 179 Å². The minimum Gasteiger partial charge on any atom is -0.495 e. The van der Waals surface area contributed by atoms with Crippen molar-refractivity contribution >= 4 is 29.3 Å². The van der Waals surface area contributed by atoms with Gasteiger partial charge in [-0.3, -0.25) is 5.32 Å². The summed E-state index contributed by atoms with van der Waals surface area (Å²) >= 11 is 5.84. The van der Waals surface area contributed by atoms with Gasteiger partial charge in [-0.1, -0.05) is 11.6 Å². The number of amides is 2. The van der Waals surface area contributed by atoms with E-state index in [2.05, 4.69) is 10.1 Å². The Morgan fingerprint density at radius 3 is 2.29 bits per heavy atom. The van der Waals surface area contributed by atoms with Crippen LogP contribution in [0.15, 0.2) is 42.5 Å². The maximum atomic E-state index is 14.0. The van der Waals surface area contributed by atoms with Crippen LogP contribution in [0, 0.1) is 5.82 Å². The molecule has 168 valence electrons. The molecule has 2 aromatic carbocycles. The molecule has 2 amide bonds. The van der Waals surface area contributed by atoms with Crippen molar-refractivity contribution in [3.63, 3.8) is 0 Å². The van der Waals surface area contributed by atoms with Crippen LogP contribution in [-0.4, -0.2) is 37.6 Å². The number of esters is 1. The Balaban J connectivity index is 2.43. The van der Waals surface area contributed by atoms with Crippen LogP contribution in [0.5, 0.6) is 11.5 Å². The summed E-state index contributed by atoms with van der Waals surface area (Å²) in [5, 5.41) is 3.75. The van der Waals surface area contributed by atoms with Crippen molar-refractivity contribution in [1.82, 2.24) is 5.32 Å². The first-order chi connectivity index (χ1) is 14.5. The molecule has 2 N–H and O–H groups in total. The molecule has 0 aromatic heterocycles. The van der Waals surface area contributed by atoms with E-state index in [9.17, 15) is 27.2 Å². The largest absolute Gasteiger partial charge is 0.495 e. The molecule has 0 saturated carbocycles. The second kappa shape index (κ2) is 9.73. The molecular weight excluding hydrogens is 448 g/mol. The van der Waals surface area contributed by atoms with Crippen LogP contribution >= 0.6 is 11.6 Å². The lowest BCUT2D eigenvalue weighted by Gasteiger charge is -2.34. The number of carbonyl (C=O) groups excluding carboxylic acids is 2. The average molecular weight is 465 g/mol. The fraction of sp³-hybridized carbons (Fsp3) is 0.263. The number of ether oxygens (including phenoxy) is 3. The van der Waals surface area contributed by atoms with Gasteiger partial charge in [0.1, 0.15) is 17.3 Å². The van der Waals surface area contributed by atoms with E-state index in [1.54, 1.807) is 0 Å². The van der Waals surface area contributed by atoms with Crippen molar-refractivity contribution in [2.75, 3.05) is 19.0 Å². The molecular formula is C19H17ClF4N2O5. The average Bonchev–Trinajstić information content (AvgIpc) is 2.68. The van der Waals surface area contributed by atoms with E-state index >= 15 is 0 Å². The molecule has 0 fully saturated rings. The summed E-state index contributed by atoms with van der Waals surface area (Å²) in [6.45, 7) is 0.836. The van der Waals surface area contributed by atoms with E-state index in [4.69, 9.17) is 21.1 Å². The molecule has 0 aliphatic heterocycles. The van der Waals surface area contributed by atoms with Gasteiger partial charge < -0.3 is 19.5 Å². The van der Waals surface area contributed by atoms with Gasteiger partial charge in [0, 0.05) is 5.02 Å². The summed E-state index contributed by atoms with van der Waals surface area (Å²) in [4.78, 5) is 24.8. The smallest absolute Gasteiger partial charge is 0.460 e. The van der Waals surface area contributed by atoms with Gasteiger partial charge in [-0.05, 0) is 49.4 Å². The van der Waals surface area contributed by atoms with Crippen molar-refractivity contribution in [1.29, 1.82) is 0 Å². The molecule has 12 heteroatoms. The number of rotatable bonds is 7. The number of halogens is 5. The Morgan fingerprint density at radius 2 is 1.74 bits per heavy atom. The third kappa shape index (κ3) is 5.69. The highest BCUT2D eigenvalue weighted by atomic mass is 35.5. The topological polar surface area (TPSA) is 85.9 Å². The molecule has 0 heterocycles. The maximum Gasteiger partial charge on any atom is 0.460 e. The summed E-state index contributed by atoms with van der Waals surface area (Å²) in [7, 11) is 1.27. The summed E-state index contributed by atoms with van der Waals surface area (Å²) in [6.07, 6.45) is -5.47. The first-order valence-electron chi connectivity index (χ1n) is 8.63. The summed E-state index contributed by atoms with van der Waals surface area (Å²) in [5.41, 5.74) is -4.01. The zero-order chi connectivity index (χ0) is 23.2. The third-order valence-electron chi connectivity index (χ3n) is 3.75. The van der Waals surface area contributed by atoms with Crippen LogP contribution in [0.4, 0.5) is 28.0 Å². The van der Waals surface area contributed by atoms with Gasteiger partial charge in [-0.15, -0.1) is 0 Å². The van der Waals surface area contributed by atoms with Gasteiger partial charge >= 0.3 is 23.9 Å². The lowest BCUT2D eigenvalue weighted by atomic mass is 10.2. The van der Waals surface area contributed by atoms with E-state index in [1.165, 1.54) is 37.5 Å². The Bertz CT molecular complexity index is 940. The van der Waals surface area contributed by atoms with Gasteiger partial charge in [-0.2, -0.15) is 13.2 Å². The second-order valence-electron chi connectivity index (χ2n) is 5.88. The van der Waals surface area contributed by atoms with E-state index in [1.807, 2.05) is 0 Å². The number of methoxy groups -OCH3 is 1. The minimum absolute atomic E-state index is 0.0748. The predicted molar refractivity (Wildman–Crippen MR) is 103 cm³/mol. The number of hydrogen-bond acceptors (Lipinski definition) is 5. The number of hydrogen-bond donors (Lipinski definition) is 2. The highest BCUT2D eigenvalue weighted by Gasteiger charge is 2.66. The van der Waals surface area contributed by atoms with Gasteiger partial charge in [0.15, 0.2) is 0 Å². The van der Waals surface area contributed by atoms with Gasteiger partial charge in [0.05, 0.1) is 19.4 Å². The number of alkyl halides is 3. The molecule has 0 radical (unpaired) electrons. The fourth-order valence-corrected chi connectivity index (χ4v) is 2.54. The molecule has 1 atom stereocenters. The van der Waals surface area contributed by atoms with Gasteiger partial charge in [0.25, 0.3) is 0 Å². The third-order valence-corrected chi connectivity index (χ3v) is 3.98. The first-order valence-corrected chi connectivity index (χ1v) is 9.01. The van der Waals surface area contributed by atoms with E-state index in [0.29, 0.717) is 0 Å². The SMILES string of the molecule is CCOC(=O)[C@](NC(=O)Nc1cc(Cl)ccc1OC)(Oc1ccc(F)cc1)C(F)(F)F. The molecule has 2 aromatic rings. The molecule has 0 unspecified atom stereocenters. The maximum absolute atomic E-state index is 14.0. The molecule has 0 aliphatic carbocycles. The number of nitrogens with one attached hydrogen (secondary N) is 2. The molecule has 0 aliphatic rings. The van der Waals surface area contributed by atoms with Crippen molar-refractivity contribution in [2.24, 2.45) is 0 Å². The number of anilines is 1. The first kappa shape index (κ1) is 24.1. The van der Waals surface area contributed by atoms with Crippen LogP contribution in [0.3, 0.4) is 0 Å². The molecule has 0 spiro atoms. The zero-order valence-electron chi connectivity index (χ0n) is 16.2. The lowest BCUT2D eigenvalue weighted by molar-refractivity contribution is -0.259. The highest BCUT2D eigenvalue weighted by Crippen LogP contribution is 2.35. The standard InChI is InChI=1S/C19H17ClF4N2O5/c1-3-30-16(27)18(19(22,23)24,31-13-7-5-12(21)6-8-13)26-17(28)25-14-10-11(20)4-9-15(14)29-2/h4-10H,3H2,1-2H3,(H2,25,26,28)/t18-/m0/s1. The van der Waals surface area contributed by atoms with Gasteiger partial charge in [0.2, 0.25) is 0 Å². The molecule has 7 nitrogen and oxygen atoms in total. The Morgan fingerprint density at radius 1 is 1.10 bits per heavy atom. The van der Waals surface area contributed by atoms with Crippen molar-refractivity contribution in [3.05, 3.63) is 53.3 Å². The number of carbonyl (C=O) groups is 2. The number of benzene rings is 2. The lowest BCUT2D eigenvalue weighted by Crippen LogP contribution is -2.69. The molecule has 2 rings (SSSR count). The summed E-state index contributed by atoms with van der Waals surface area (Å²) in [5.74, 6) is -3.14. The molecule has 0 bridgehead atoms. The predicted octanol–water partition coefficient (Wildman–Crippen LogP) is 4.51. The van der Waals surface area contributed by atoms with E-state index in [0.717, 1.165) is 24.3 Å². The van der Waals surface area contributed by atoms with E-state index < -0.39 is 42.1 Å². The van der Waals surface area contributed by atoms with Crippen molar-refractivity contribution in [3.8, 4) is 11.5 Å². The van der Waals surface area contributed by atoms with Crippen molar-refractivity contribution < 1.29 is 41.4 Å². The van der Waals surface area contributed by atoms with Crippen LogP contribution in [-0.2, 0) is 9.53 Å². The highest BCUT2D eigenvalue weighted by molar-refractivity contribution is 6.31. The van der Waals surface area contributed by atoms with Crippen LogP contribution in [0.1, 0.15) is 6.92 Å². The van der Waals surface area contributed by atoms with E-state index in [-0.39, 0.29) is 16.5 Å². The zero-order valence-corrected chi connectivity index (χ0v) is 16.9. The quantitative estimate of drug-likeness (QED) is 0.358. The molecule has 0 saturated heterocycles. The minimum atomic E-state index is -5.47. The number of urea groups is 1. The fourth-order valence-electron chi connectivity index (χ4n) is 2.37. The summed E-state index contributed by atoms with van der Waals surface area (Å²) < 4.78 is 69.6. The second-order valence-corrected chi connectivity index (χ2v) is 6.32. The normalized spacial score (nSPS) is 13.0. The van der Waals surface area contributed by atoms with Crippen LogP contribution in [0.2, 0.25) is 5.02 Å². The van der Waals surface area contributed by atoms with Crippen molar-refractivity contribution in [2.45, 2.75) is 18.8 Å². The monoisotopic (exact) mass is 464 g/mol. The van der Waals surface area contributed by atoms with Gasteiger partial charge in [-0.25, -0.2) is 14.0 Å². The summed E-state index contributed by atoms with van der Waals surface area (Å²) in [6, 6.07) is 5.89. The Hall–Kier alpha value is -3.21. The molecule has 31 heavy (non-hydrogen) atoms. The Kier molecular flexibility index (Phi) is 7.55. The van der Waals surface area contributed by atoms with Crippen LogP contribution < -0.4 is 20.1 Å².